The smallest absolute Gasteiger partial charge is 0.759 e. The minimum Gasteiger partial charge on any atom is -0.759 e. The first-order chi connectivity index (χ1) is 6.61. The molecule has 0 radical (unpaired) electrons. The van der Waals surface area contributed by atoms with E-state index < -0.39 is 20.4 Å². The van der Waals surface area contributed by atoms with Gasteiger partial charge in [-0.3, -0.25) is 8.42 Å². The van der Waals surface area contributed by atoms with Crippen molar-refractivity contribution in [1.82, 2.24) is 0 Å². The van der Waals surface area contributed by atoms with Crippen LogP contribution in [0.5, 0.6) is 0 Å². The molecule has 0 saturated carbocycles. The molecule has 86 valence electrons. The van der Waals surface area contributed by atoms with Crippen molar-refractivity contribution in [2.75, 3.05) is 0 Å². The van der Waals surface area contributed by atoms with E-state index >= 15 is 0 Å². The Hall–Kier alpha value is 1.000. The first kappa shape index (κ1) is 23.1. The number of hydrogen-bond donors (Lipinski definition) is 1. The molecule has 1 aromatic carbocycles. The van der Waals surface area contributed by atoms with Crippen LogP contribution in [-0.4, -0.2) is 25.9 Å². The third-order valence-corrected chi connectivity index (χ3v) is 2.00. The molecule has 0 bridgehead atoms. The number of sulfonamides is 1. The van der Waals surface area contributed by atoms with Crippen molar-refractivity contribution in [3.63, 3.8) is 0 Å². The molecular weight excluding hydrogens is 292 g/mol. The van der Waals surface area contributed by atoms with Crippen molar-refractivity contribution >= 4 is 20.4 Å². The van der Waals surface area contributed by atoms with Crippen LogP contribution < -0.4 is 64.3 Å². The number of primary sulfonamides is 1. The van der Waals surface area contributed by atoms with Gasteiger partial charge in [-0.05, 0) is 12.1 Å². The van der Waals surface area contributed by atoms with E-state index in [4.69, 9.17) is 22.7 Å². The van der Waals surface area contributed by atoms with Crippen molar-refractivity contribution in [2.24, 2.45) is 5.14 Å². The summed E-state index contributed by atoms with van der Waals surface area (Å²) >= 11 is 0. The molecule has 0 spiro atoms. The Kier molecular flexibility index (Phi) is 13.4. The van der Waals surface area contributed by atoms with Gasteiger partial charge in [-0.25, -0.2) is 13.6 Å². The van der Waals surface area contributed by atoms with E-state index in [1.807, 2.05) is 0 Å². The third-order valence-electron chi connectivity index (χ3n) is 1.07. The topological polar surface area (TPSA) is 140 Å². The standard InChI is InChI=1S/C6H7NO2S.2Na.H2O4S/c7-10(8,9)6-4-2-1-3-5-6;;;1-5(2,3)4/h1-5H,(H2,7,8,9);;;(H2,1,2,3,4)/q;2*+1;/p-2. The van der Waals surface area contributed by atoms with Gasteiger partial charge in [0.15, 0.2) is 0 Å². The fraction of sp³-hybridized carbons (Fsp3) is 0. The fourth-order valence-electron chi connectivity index (χ4n) is 0.610. The molecule has 0 atom stereocenters. The van der Waals surface area contributed by atoms with E-state index in [1.54, 1.807) is 18.2 Å². The fourth-order valence-corrected chi connectivity index (χ4v) is 1.15. The maximum absolute atomic E-state index is 10.6. The van der Waals surface area contributed by atoms with Gasteiger partial charge in [0.1, 0.15) is 0 Å². The molecule has 2 N–H and O–H groups in total. The minimum absolute atomic E-state index is 0. The van der Waals surface area contributed by atoms with Gasteiger partial charge in [0.25, 0.3) is 0 Å². The predicted octanol–water partition coefficient (Wildman–Crippen LogP) is -7.00. The van der Waals surface area contributed by atoms with Crippen LogP contribution in [-0.2, 0) is 20.4 Å². The van der Waals surface area contributed by atoms with Crippen LogP contribution in [0.2, 0.25) is 0 Å². The summed E-state index contributed by atoms with van der Waals surface area (Å²) in [4.78, 5) is 0.148. The van der Waals surface area contributed by atoms with E-state index in [2.05, 4.69) is 0 Å². The number of nitrogens with two attached hydrogens (primary N) is 1. The van der Waals surface area contributed by atoms with Crippen molar-refractivity contribution in [3.05, 3.63) is 30.3 Å². The molecule has 0 aliphatic carbocycles. The Labute approximate surface area is 144 Å². The van der Waals surface area contributed by atoms with Gasteiger partial charge in [-0.15, -0.1) is 0 Å². The zero-order valence-electron chi connectivity index (χ0n) is 9.23. The third kappa shape index (κ3) is 17.0. The number of hydrogen-bond acceptors (Lipinski definition) is 6. The summed E-state index contributed by atoms with van der Waals surface area (Å²) in [5.41, 5.74) is 0. The molecule has 0 saturated heterocycles. The zero-order chi connectivity index (χ0) is 12.1. The van der Waals surface area contributed by atoms with E-state index in [0.717, 1.165) is 0 Å². The van der Waals surface area contributed by atoms with Crippen LogP contribution in [0.3, 0.4) is 0 Å². The summed E-state index contributed by atoms with van der Waals surface area (Å²) < 4.78 is 55.3. The molecule has 0 amide bonds. The summed E-state index contributed by atoms with van der Waals surface area (Å²) in [6.07, 6.45) is 0. The molecule has 1 rings (SSSR count). The molecule has 1 aromatic rings. The average Bonchev–Trinajstić information content (AvgIpc) is 2.01. The van der Waals surface area contributed by atoms with Crippen LogP contribution >= 0.6 is 0 Å². The maximum Gasteiger partial charge on any atom is 1.00 e. The van der Waals surface area contributed by atoms with Gasteiger partial charge in [0.2, 0.25) is 10.0 Å². The van der Waals surface area contributed by atoms with E-state index in [0.29, 0.717) is 0 Å². The molecule has 0 aromatic heterocycles. The molecular formula is C6H7NNa2O6S2. The van der Waals surface area contributed by atoms with Crippen molar-refractivity contribution < 1.29 is 85.1 Å². The Morgan fingerprint density at radius 2 is 1.18 bits per heavy atom. The van der Waals surface area contributed by atoms with Gasteiger partial charge in [-0.1, -0.05) is 18.2 Å². The molecule has 11 heteroatoms. The minimum atomic E-state index is -5.17. The Balaban J connectivity index is -0.000000247. The molecule has 0 unspecified atom stereocenters. The second kappa shape index (κ2) is 9.87. The largest absolute Gasteiger partial charge is 1.00 e. The van der Waals surface area contributed by atoms with Crippen LogP contribution in [0.25, 0.3) is 0 Å². The first-order valence-electron chi connectivity index (χ1n) is 3.35. The van der Waals surface area contributed by atoms with Crippen molar-refractivity contribution in [2.45, 2.75) is 4.90 Å². The summed E-state index contributed by atoms with van der Waals surface area (Å²) in [5, 5.41) is 4.83. The summed E-state index contributed by atoms with van der Waals surface area (Å²) in [6, 6.07) is 7.89. The summed E-state index contributed by atoms with van der Waals surface area (Å²) in [5.74, 6) is 0. The molecule has 0 aliphatic heterocycles. The van der Waals surface area contributed by atoms with E-state index in [9.17, 15) is 8.42 Å². The molecule has 0 heterocycles. The van der Waals surface area contributed by atoms with Crippen LogP contribution in [0.1, 0.15) is 0 Å². The zero-order valence-corrected chi connectivity index (χ0v) is 14.9. The van der Waals surface area contributed by atoms with Crippen LogP contribution in [0.15, 0.2) is 35.2 Å². The number of rotatable bonds is 1. The van der Waals surface area contributed by atoms with Gasteiger partial charge < -0.3 is 9.11 Å². The second-order valence-electron chi connectivity index (χ2n) is 2.27. The van der Waals surface area contributed by atoms with Crippen molar-refractivity contribution in [1.29, 1.82) is 0 Å². The van der Waals surface area contributed by atoms with Gasteiger partial charge in [0.05, 0.1) is 4.90 Å². The monoisotopic (exact) mass is 299 g/mol. The van der Waals surface area contributed by atoms with E-state index in [1.165, 1.54) is 12.1 Å². The second-order valence-corrected chi connectivity index (χ2v) is 4.64. The summed E-state index contributed by atoms with van der Waals surface area (Å²) in [7, 11) is -8.67. The van der Waals surface area contributed by atoms with Crippen LogP contribution in [0, 0.1) is 0 Å². The van der Waals surface area contributed by atoms with Crippen molar-refractivity contribution in [3.8, 4) is 0 Å². The molecule has 0 aliphatic rings. The van der Waals surface area contributed by atoms with Gasteiger partial charge in [-0.2, -0.15) is 0 Å². The quantitative estimate of drug-likeness (QED) is 0.310. The van der Waals surface area contributed by atoms with Gasteiger partial charge >= 0.3 is 59.1 Å². The molecule has 0 fully saturated rings. The normalized spacial score (nSPS) is 10.1. The predicted molar refractivity (Wildman–Crippen MR) is 48.3 cm³/mol. The average molecular weight is 299 g/mol. The number of benzene rings is 1. The Morgan fingerprint density at radius 3 is 1.35 bits per heavy atom. The molecule has 7 nitrogen and oxygen atoms in total. The van der Waals surface area contributed by atoms with E-state index in [-0.39, 0.29) is 64.0 Å². The van der Waals surface area contributed by atoms with Crippen LogP contribution in [0.4, 0.5) is 0 Å². The SMILES string of the molecule is NS(=O)(=O)c1ccccc1.O=S(=O)([O-])[O-].[Na+].[Na+]. The first-order valence-corrected chi connectivity index (χ1v) is 6.23. The van der Waals surface area contributed by atoms with Gasteiger partial charge in [0, 0.05) is 10.4 Å². The Morgan fingerprint density at radius 1 is 0.882 bits per heavy atom. The molecule has 17 heavy (non-hydrogen) atoms. The maximum atomic E-state index is 10.6. The Bertz CT molecular complexity index is 493. The summed E-state index contributed by atoms with van der Waals surface area (Å²) in [6.45, 7) is 0.